The van der Waals surface area contributed by atoms with Crippen LogP contribution in [0.5, 0.6) is 0 Å². The monoisotopic (exact) mass is 585 g/mol. The molecule has 0 aliphatic carbocycles. The molecule has 2 aromatic rings. The van der Waals surface area contributed by atoms with Gasteiger partial charge in [0.15, 0.2) is 5.82 Å². The maximum Gasteiger partial charge on any atom is 0.458 e. The third-order valence-electron chi connectivity index (χ3n) is 6.91. The SMILES string of the molecule is Fc1c(Nc2cc3c4c(c2)[C@@H]2CNC[C@@H]2CN4CCC3)cccc1C(F)(F)F.O=C(C(=O)C(F)(F)F)C(F)(F)F. The standard InChI is InChI=1S/C21H21F4N3.C4F6O2/c22-19-17(21(23,24)25)4-1-5-18(19)27-14-7-12-3-2-6-28-11-13-9-26-10-16(13)15(8-14)20(12)28;5-3(6,7)1(11)2(12)4(8,9)10/h1,4-5,7-8,13,16,26-27H,2-3,6,9-11H2;/t13-,16-;/m1./s1. The first-order chi connectivity index (χ1) is 18.5. The van der Waals surface area contributed by atoms with Gasteiger partial charge in [-0.1, -0.05) is 6.07 Å². The molecule has 2 atom stereocenters. The maximum atomic E-state index is 14.5. The van der Waals surface area contributed by atoms with Gasteiger partial charge in [-0.15, -0.1) is 0 Å². The van der Waals surface area contributed by atoms with Crippen molar-refractivity contribution in [3.05, 3.63) is 52.8 Å². The van der Waals surface area contributed by atoms with Gasteiger partial charge in [0.1, 0.15) is 0 Å². The minimum atomic E-state index is -5.77. The predicted octanol–water partition coefficient (Wildman–Crippen LogP) is 5.91. The number of carbonyl (C=O) groups excluding carboxylic acids is 2. The van der Waals surface area contributed by atoms with Crippen LogP contribution >= 0.6 is 0 Å². The molecule has 1 saturated heterocycles. The van der Waals surface area contributed by atoms with Crippen molar-refractivity contribution in [3.8, 4) is 0 Å². The van der Waals surface area contributed by atoms with E-state index < -0.39 is 41.5 Å². The average Bonchev–Trinajstić information content (AvgIpc) is 3.32. The summed E-state index contributed by atoms with van der Waals surface area (Å²) >= 11 is 0. The second-order valence-electron chi connectivity index (χ2n) is 9.59. The highest BCUT2D eigenvalue weighted by molar-refractivity contribution is 6.41. The van der Waals surface area contributed by atoms with Crippen molar-refractivity contribution in [1.82, 2.24) is 5.32 Å². The molecule has 2 N–H and O–H groups in total. The summed E-state index contributed by atoms with van der Waals surface area (Å²) in [4.78, 5) is 21.7. The van der Waals surface area contributed by atoms with E-state index in [0.717, 1.165) is 45.1 Å². The summed E-state index contributed by atoms with van der Waals surface area (Å²) in [6, 6.07) is 7.31. The third-order valence-corrected chi connectivity index (χ3v) is 6.91. The van der Waals surface area contributed by atoms with Crippen LogP contribution in [0.15, 0.2) is 30.3 Å². The topological polar surface area (TPSA) is 61.4 Å². The maximum absolute atomic E-state index is 14.5. The van der Waals surface area contributed by atoms with Crippen molar-refractivity contribution in [1.29, 1.82) is 0 Å². The van der Waals surface area contributed by atoms with Crippen molar-refractivity contribution < 1.29 is 53.5 Å². The fourth-order valence-corrected chi connectivity index (χ4v) is 5.24. The fraction of sp³-hybridized carbons (Fsp3) is 0.440. The molecule has 3 heterocycles. The van der Waals surface area contributed by atoms with Crippen LogP contribution in [0.2, 0.25) is 0 Å². The Balaban J connectivity index is 0.000000263. The summed E-state index contributed by atoms with van der Waals surface area (Å²) in [5.41, 5.74) is 2.97. The molecule has 15 heteroatoms. The first-order valence-corrected chi connectivity index (χ1v) is 12.0. The van der Waals surface area contributed by atoms with Gasteiger partial charge in [0.2, 0.25) is 0 Å². The van der Waals surface area contributed by atoms with E-state index in [-0.39, 0.29) is 5.69 Å². The summed E-state index contributed by atoms with van der Waals surface area (Å²) in [7, 11) is 0. The van der Waals surface area contributed by atoms with Gasteiger partial charge in [0.25, 0.3) is 0 Å². The van der Waals surface area contributed by atoms with Crippen molar-refractivity contribution in [2.75, 3.05) is 36.4 Å². The van der Waals surface area contributed by atoms with Crippen LogP contribution in [0.4, 0.5) is 61.0 Å². The van der Waals surface area contributed by atoms with E-state index in [1.807, 2.05) is 12.1 Å². The van der Waals surface area contributed by atoms with Crippen LogP contribution in [0.1, 0.15) is 29.0 Å². The van der Waals surface area contributed by atoms with Gasteiger partial charge in [-0.05, 0) is 54.2 Å². The Morgan fingerprint density at radius 3 is 2.17 bits per heavy atom. The van der Waals surface area contributed by atoms with E-state index in [2.05, 4.69) is 15.5 Å². The normalized spacial score (nSPS) is 20.2. The zero-order chi connectivity index (χ0) is 29.6. The number of benzene rings is 2. The second-order valence-corrected chi connectivity index (χ2v) is 9.59. The number of ketones is 2. The number of rotatable bonds is 3. The number of alkyl halides is 9. The van der Waals surface area contributed by atoms with E-state index in [1.54, 1.807) is 0 Å². The van der Waals surface area contributed by atoms with Crippen LogP contribution in [-0.4, -0.2) is 50.1 Å². The molecule has 0 bridgehead atoms. The quantitative estimate of drug-likeness (QED) is 0.347. The molecule has 218 valence electrons. The molecule has 3 aliphatic heterocycles. The van der Waals surface area contributed by atoms with E-state index >= 15 is 0 Å². The molecule has 0 saturated carbocycles. The van der Waals surface area contributed by atoms with Gasteiger partial charge in [-0.2, -0.15) is 39.5 Å². The lowest BCUT2D eigenvalue weighted by atomic mass is 9.80. The smallest absolute Gasteiger partial charge is 0.371 e. The molecule has 0 aromatic heterocycles. The number of halogens is 10. The molecular weight excluding hydrogens is 564 g/mol. The molecule has 0 unspecified atom stereocenters. The zero-order valence-electron chi connectivity index (χ0n) is 20.3. The van der Waals surface area contributed by atoms with Crippen LogP contribution in [0, 0.1) is 11.7 Å². The Bertz CT molecular complexity index is 1280. The van der Waals surface area contributed by atoms with Crippen molar-refractivity contribution in [2.24, 2.45) is 5.92 Å². The number of anilines is 3. The summed E-state index contributed by atoms with van der Waals surface area (Å²) in [6.07, 6.45) is -14.3. The van der Waals surface area contributed by atoms with Crippen LogP contribution in [0.25, 0.3) is 0 Å². The number of hydrogen-bond acceptors (Lipinski definition) is 5. The van der Waals surface area contributed by atoms with Gasteiger partial charge in [-0.25, -0.2) is 4.39 Å². The molecule has 5 nitrogen and oxygen atoms in total. The fourth-order valence-electron chi connectivity index (χ4n) is 5.24. The van der Waals surface area contributed by atoms with Crippen molar-refractivity contribution >= 4 is 28.6 Å². The summed E-state index contributed by atoms with van der Waals surface area (Å²) in [6.45, 7) is 3.98. The Hall–Kier alpha value is -3.36. The zero-order valence-corrected chi connectivity index (χ0v) is 20.3. The summed E-state index contributed by atoms with van der Waals surface area (Å²) < 4.78 is 121. The van der Waals surface area contributed by atoms with Crippen molar-refractivity contribution in [3.63, 3.8) is 0 Å². The largest absolute Gasteiger partial charge is 0.458 e. The molecule has 0 spiro atoms. The number of aryl methyl sites for hydroxylation is 1. The van der Waals surface area contributed by atoms with Crippen LogP contribution < -0.4 is 15.5 Å². The highest BCUT2D eigenvalue weighted by atomic mass is 19.4. The van der Waals surface area contributed by atoms with Crippen LogP contribution in [-0.2, 0) is 22.2 Å². The number of nitrogens with one attached hydrogen (secondary N) is 2. The number of nitrogens with zero attached hydrogens (tertiary/aromatic N) is 1. The number of Topliss-reactive ketones (excluding diaryl/α,β-unsaturated/α-hetero) is 2. The second kappa shape index (κ2) is 10.6. The summed E-state index contributed by atoms with van der Waals surface area (Å²) in [5.74, 6) is -7.14. The molecule has 5 rings (SSSR count). The van der Waals surface area contributed by atoms with Crippen molar-refractivity contribution in [2.45, 2.75) is 37.3 Å². The molecule has 3 aliphatic rings. The lowest BCUT2D eigenvalue weighted by molar-refractivity contribution is -0.193. The number of fused-ring (bicyclic) bond motifs is 2. The Morgan fingerprint density at radius 1 is 0.925 bits per heavy atom. The first kappa shape index (κ1) is 29.6. The minimum absolute atomic E-state index is 0.147. The molecule has 1 fully saturated rings. The lowest BCUT2D eigenvalue weighted by Gasteiger charge is -2.42. The molecule has 0 amide bonds. The predicted molar refractivity (Wildman–Crippen MR) is 123 cm³/mol. The lowest BCUT2D eigenvalue weighted by Crippen LogP contribution is -2.41. The minimum Gasteiger partial charge on any atom is -0.371 e. The molecule has 40 heavy (non-hydrogen) atoms. The molecular formula is C25H21F10N3O2. The van der Waals surface area contributed by atoms with E-state index in [4.69, 9.17) is 0 Å². The highest BCUT2D eigenvalue weighted by Gasteiger charge is 2.54. The van der Waals surface area contributed by atoms with Crippen LogP contribution in [0.3, 0.4) is 0 Å². The van der Waals surface area contributed by atoms with Gasteiger partial charge in [0.05, 0.1) is 11.3 Å². The molecule has 0 radical (unpaired) electrons. The van der Waals surface area contributed by atoms with Gasteiger partial charge in [-0.3, -0.25) is 9.59 Å². The highest BCUT2D eigenvalue weighted by Crippen LogP contribution is 2.46. The Kier molecular flexibility index (Phi) is 7.82. The Labute approximate surface area is 220 Å². The average molecular weight is 585 g/mol. The Morgan fingerprint density at radius 2 is 1.57 bits per heavy atom. The summed E-state index contributed by atoms with van der Waals surface area (Å²) in [5, 5.41) is 6.37. The van der Waals surface area contributed by atoms with E-state index in [1.165, 1.54) is 28.9 Å². The van der Waals surface area contributed by atoms with Gasteiger partial charge >= 0.3 is 30.1 Å². The van der Waals surface area contributed by atoms with Gasteiger partial charge in [0, 0.05) is 43.5 Å². The van der Waals surface area contributed by atoms with Gasteiger partial charge < -0.3 is 15.5 Å². The number of hydrogen-bond donors (Lipinski definition) is 2. The first-order valence-electron chi connectivity index (χ1n) is 12.0. The number of carbonyl (C=O) groups is 2. The molecule has 2 aromatic carbocycles. The van der Waals surface area contributed by atoms with E-state index in [0.29, 0.717) is 17.5 Å². The third kappa shape index (κ3) is 6.03. The van der Waals surface area contributed by atoms with E-state index in [9.17, 15) is 53.5 Å².